The average Bonchev–Trinajstić information content (AvgIpc) is 2.85. The number of fused-ring (bicyclic) bond motifs is 3. The molecule has 5 rings (SSSR count). The third-order valence-corrected chi connectivity index (χ3v) is 8.28. The van der Waals surface area contributed by atoms with Crippen LogP contribution in [0.4, 0.5) is 0 Å². The highest BCUT2D eigenvalue weighted by Gasteiger charge is 2.28. The molecule has 0 amide bonds. The van der Waals surface area contributed by atoms with Gasteiger partial charge in [-0.05, 0) is 94.7 Å². The SMILES string of the molecule is CCCOc1ccc(C2=Cc3ccc4c(c3OC2)C=CC(C)(C)O4)c(OS(=O)(=O)c2c(C)cc(C)cc2C)c1. The molecule has 0 radical (unpaired) electrons. The lowest BCUT2D eigenvalue weighted by Gasteiger charge is -2.30. The van der Waals surface area contributed by atoms with Crippen molar-refractivity contribution in [3.8, 4) is 23.0 Å². The third kappa shape index (κ3) is 5.41. The molecule has 0 fully saturated rings. The smallest absolute Gasteiger partial charge is 0.339 e. The van der Waals surface area contributed by atoms with E-state index in [4.69, 9.17) is 18.4 Å². The Labute approximate surface area is 231 Å². The first-order chi connectivity index (χ1) is 18.5. The fraction of sp³-hybridized carbons (Fsp3) is 0.312. The molecule has 0 atom stereocenters. The van der Waals surface area contributed by atoms with E-state index in [0.717, 1.165) is 40.2 Å². The van der Waals surface area contributed by atoms with Crippen molar-refractivity contribution < 1.29 is 26.8 Å². The lowest BCUT2D eigenvalue weighted by molar-refractivity contribution is 0.158. The lowest BCUT2D eigenvalue weighted by Crippen LogP contribution is -2.27. The molecule has 0 unspecified atom stereocenters. The van der Waals surface area contributed by atoms with Crippen LogP contribution in [-0.2, 0) is 10.1 Å². The minimum atomic E-state index is -4.12. The van der Waals surface area contributed by atoms with Crippen LogP contribution in [0.25, 0.3) is 17.7 Å². The van der Waals surface area contributed by atoms with Crippen LogP contribution in [0.15, 0.2) is 53.4 Å². The molecule has 0 saturated heterocycles. The molecular weight excluding hydrogens is 512 g/mol. The van der Waals surface area contributed by atoms with Crippen LogP contribution < -0.4 is 18.4 Å². The zero-order valence-corrected chi connectivity index (χ0v) is 24.1. The maximum atomic E-state index is 13.6. The van der Waals surface area contributed by atoms with Crippen LogP contribution in [0.3, 0.4) is 0 Å². The molecule has 7 heteroatoms. The van der Waals surface area contributed by atoms with Gasteiger partial charge in [-0.3, -0.25) is 0 Å². The summed E-state index contributed by atoms with van der Waals surface area (Å²) in [5, 5.41) is 0. The van der Waals surface area contributed by atoms with Crippen LogP contribution >= 0.6 is 0 Å². The fourth-order valence-corrected chi connectivity index (χ4v) is 6.49. The van der Waals surface area contributed by atoms with Crippen molar-refractivity contribution in [2.45, 2.75) is 58.5 Å². The molecule has 0 aromatic heterocycles. The Morgan fingerprint density at radius 2 is 1.74 bits per heavy atom. The van der Waals surface area contributed by atoms with Gasteiger partial charge in [0.15, 0.2) is 5.75 Å². The first-order valence-corrected chi connectivity index (χ1v) is 14.6. The molecule has 2 aliphatic heterocycles. The molecule has 0 N–H and O–H groups in total. The zero-order chi connectivity index (χ0) is 27.9. The highest BCUT2D eigenvalue weighted by atomic mass is 32.2. The van der Waals surface area contributed by atoms with Crippen molar-refractivity contribution in [3.05, 3.63) is 81.9 Å². The van der Waals surface area contributed by atoms with Gasteiger partial charge < -0.3 is 18.4 Å². The Morgan fingerprint density at radius 3 is 2.46 bits per heavy atom. The summed E-state index contributed by atoms with van der Waals surface area (Å²) >= 11 is 0. The van der Waals surface area contributed by atoms with E-state index in [2.05, 4.69) is 0 Å². The molecule has 204 valence electrons. The Bertz CT molecular complexity index is 1590. The maximum absolute atomic E-state index is 13.6. The molecule has 0 saturated carbocycles. The Hall–Kier alpha value is -3.71. The summed E-state index contributed by atoms with van der Waals surface area (Å²) in [6, 6.07) is 12.9. The lowest BCUT2D eigenvalue weighted by atomic mass is 9.95. The van der Waals surface area contributed by atoms with Crippen molar-refractivity contribution in [3.63, 3.8) is 0 Å². The average molecular weight is 547 g/mol. The first kappa shape index (κ1) is 26.9. The van der Waals surface area contributed by atoms with Gasteiger partial charge in [-0.25, -0.2) is 0 Å². The molecule has 3 aromatic rings. The molecule has 2 aliphatic rings. The summed E-state index contributed by atoms with van der Waals surface area (Å²) in [7, 11) is -4.12. The van der Waals surface area contributed by atoms with Crippen molar-refractivity contribution >= 4 is 27.8 Å². The summed E-state index contributed by atoms with van der Waals surface area (Å²) in [4.78, 5) is 0.180. The van der Waals surface area contributed by atoms with Gasteiger partial charge in [-0.15, -0.1) is 0 Å². The zero-order valence-electron chi connectivity index (χ0n) is 23.3. The van der Waals surface area contributed by atoms with Crippen LogP contribution in [-0.4, -0.2) is 27.2 Å². The summed E-state index contributed by atoms with van der Waals surface area (Å²) in [5.41, 5.74) is 5.10. The Kier molecular flexibility index (Phi) is 6.97. The largest absolute Gasteiger partial charge is 0.493 e. The number of benzene rings is 3. The highest BCUT2D eigenvalue weighted by molar-refractivity contribution is 7.87. The molecule has 6 nitrogen and oxygen atoms in total. The van der Waals surface area contributed by atoms with E-state index in [1.165, 1.54) is 0 Å². The molecule has 3 aromatic carbocycles. The minimum absolute atomic E-state index is 0.180. The van der Waals surface area contributed by atoms with E-state index in [1.807, 2.05) is 82.3 Å². The van der Waals surface area contributed by atoms with Crippen LogP contribution in [0.2, 0.25) is 0 Å². The minimum Gasteiger partial charge on any atom is -0.493 e. The number of ether oxygens (including phenoxy) is 3. The molecule has 0 aliphatic carbocycles. The van der Waals surface area contributed by atoms with Gasteiger partial charge in [0.2, 0.25) is 0 Å². The van der Waals surface area contributed by atoms with E-state index in [1.54, 1.807) is 19.9 Å². The second kappa shape index (κ2) is 10.1. The second-order valence-electron chi connectivity index (χ2n) is 10.7. The molecular formula is C32H34O6S. The Balaban J connectivity index is 1.57. The summed E-state index contributed by atoms with van der Waals surface area (Å²) < 4.78 is 51.2. The van der Waals surface area contributed by atoms with E-state index >= 15 is 0 Å². The van der Waals surface area contributed by atoms with Gasteiger partial charge >= 0.3 is 10.1 Å². The van der Waals surface area contributed by atoms with Gasteiger partial charge in [0.25, 0.3) is 0 Å². The number of hydrogen-bond acceptors (Lipinski definition) is 6. The van der Waals surface area contributed by atoms with Crippen LogP contribution in [0, 0.1) is 20.8 Å². The topological polar surface area (TPSA) is 71.1 Å². The summed E-state index contributed by atoms with van der Waals surface area (Å²) in [5.74, 6) is 2.26. The predicted octanol–water partition coefficient (Wildman–Crippen LogP) is 7.29. The van der Waals surface area contributed by atoms with Crippen LogP contribution in [0.1, 0.15) is 60.6 Å². The Morgan fingerprint density at radius 1 is 1.00 bits per heavy atom. The van der Waals surface area contributed by atoms with Gasteiger partial charge in [-0.2, -0.15) is 8.42 Å². The number of aryl methyl sites for hydroxylation is 3. The van der Waals surface area contributed by atoms with Gasteiger partial charge in [0.1, 0.15) is 34.4 Å². The monoisotopic (exact) mass is 546 g/mol. The molecule has 39 heavy (non-hydrogen) atoms. The first-order valence-electron chi connectivity index (χ1n) is 13.2. The molecule has 0 spiro atoms. The van der Waals surface area contributed by atoms with Crippen molar-refractivity contribution in [1.82, 2.24) is 0 Å². The second-order valence-corrected chi connectivity index (χ2v) is 12.1. The third-order valence-electron chi connectivity index (χ3n) is 6.74. The normalized spacial score (nSPS) is 15.4. The molecule has 2 heterocycles. The standard InChI is InChI=1S/C32H34O6S/c1-7-14-35-25-9-10-26(29(18-25)38-39(33,34)31-21(3)15-20(2)16-22(31)4)24-17-23-8-11-28-27(30(23)36-19-24)12-13-32(5,6)37-28/h8-13,15-18H,7,14,19H2,1-6H3. The molecule has 0 bridgehead atoms. The number of hydrogen-bond donors (Lipinski definition) is 0. The van der Waals surface area contributed by atoms with E-state index < -0.39 is 10.1 Å². The van der Waals surface area contributed by atoms with Crippen molar-refractivity contribution in [2.24, 2.45) is 0 Å². The highest BCUT2D eigenvalue weighted by Crippen LogP contribution is 2.44. The van der Waals surface area contributed by atoms with Crippen LogP contribution in [0.5, 0.6) is 23.0 Å². The van der Waals surface area contributed by atoms with E-state index in [0.29, 0.717) is 29.0 Å². The van der Waals surface area contributed by atoms with Crippen molar-refractivity contribution in [2.75, 3.05) is 13.2 Å². The quantitative estimate of drug-likeness (QED) is 0.290. The summed E-state index contributed by atoms with van der Waals surface area (Å²) in [6.07, 6.45) is 6.88. The van der Waals surface area contributed by atoms with Gasteiger partial charge in [0.05, 0.1) is 12.2 Å². The fourth-order valence-electron chi connectivity index (χ4n) is 5.12. The summed E-state index contributed by atoms with van der Waals surface area (Å²) in [6.45, 7) is 12.3. The van der Waals surface area contributed by atoms with E-state index in [-0.39, 0.29) is 22.9 Å². The van der Waals surface area contributed by atoms with Gasteiger partial charge in [-0.1, -0.05) is 24.6 Å². The predicted molar refractivity (Wildman–Crippen MR) is 154 cm³/mol. The van der Waals surface area contributed by atoms with Crippen molar-refractivity contribution in [1.29, 1.82) is 0 Å². The maximum Gasteiger partial charge on any atom is 0.339 e. The van der Waals surface area contributed by atoms with Gasteiger partial charge in [0, 0.05) is 22.8 Å². The van der Waals surface area contributed by atoms with E-state index in [9.17, 15) is 8.42 Å². The number of rotatable bonds is 7.